The van der Waals surface area contributed by atoms with E-state index in [4.69, 9.17) is 4.74 Å². The molecule has 2 aromatic rings. The Morgan fingerprint density at radius 2 is 1.79 bits per heavy atom. The Hall–Kier alpha value is -2.96. The van der Waals surface area contributed by atoms with Gasteiger partial charge in [0.1, 0.15) is 0 Å². The van der Waals surface area contributed by atoms with Crippen LogP contribution in [0.15, 0.2) is 36.7 Å². The van der Waals surface area contributed by atoms with Crippen molar-refractivity contribution in [1.29, 1.82) is 0 Å². The third kappa shape index (κ3) is 4.07. The summed E-state index contributed by atoms with van der Waals surface area (Å²) in [5.74, 6) is -0.160. The second-order valence-corrected chi connectivity index (χ2v) is 5.47. The number of nitrogens with zero attached hydrogens (tertiary/aromatic N) is 2. The largest absolute Gasteiger partial charge is 0.462 e. The first-order valence-corrected chi connectivity index (χ1v) is 7.83. The van der Waals surface area contributed by atoms with Crippen molar-refractivity contribution >= 4 is 23.5 Å². The SMILES string of the molecule is CCOC(=O)c1ccc(NC(=O)c2cnc(NC3CC3)nc2)cc1. The van der Waals surface area contributed by atoms with E-state index in [2.05, 4.69) is 20.6 Å². The first-order chi connectivity index (χ1) is 11.7. The monoisotopic (exact) mass is 326 g/mol. The van der Waals surface area contributed by atoms with Crippen LogP contribution in [0.25, 0.3) is 0 Å². The quantitative estimate of drug-likeness (QED) is 0.792. The average Bonchev–Trinajstić information content (AvgIpc) is 3.40. The van der Waals surface area contributed by atoms with E-state index in [0.717, 1.165) is 12.8 Å². The summed E-state index contributed by atoms with van der Waals surface area (Å²) in [6.45, 7) is 2.07. The predicted octanol–water partition coefficient (Wildman–Crippen LogP) is 2.48. The van der Waals surface area contributed by atoms with Crippen molar-refractivity contribution in [2.24, 2.45) is 0 Å². The van der Waals surface area contributed by atoms with E-state index in [1.165, 1.54) is 12.4 Å². The highest BCUT2D eigenvalue weighted by atomic mass is 16.5. The maximum Gasteiger partial charge on any atom is 0.338 e. The van der Waals surface area contributed by atoms with E-state index in [1.54, 1.807) is 31.2 Å². The van der Waals surface area contributed by atoms with E-state index >= 15 is 0 Å². The van der Waals surface area contributed by atoms with Gasteiger partial charge in [-0.3, -0.25) is 4.79 Å². The van der Waals surface area contributed by atoms with Crippen molar-refractivity contribution < 1.29 is 14.3 Å². The minimum atomic E-state index is -0.387. The fourth-order valence-corrected chi connectivity index (χ4v) is 2.04. The van der Waals surface area contributed by atoms with Crippen LogP contribution in [-0.4, -0.2) is 34.5 Å². The summed E-state index contributed by atoms with van der Waals surface area (Å²) < 4.78 is 4.91. The molecular weight excluding hydrogens is 308 g/mol. The van der Waals surface area contributed by atoms with Crippen LogP contribution in [0.1, 0.15) is 40.5 Å². The standard InChI is InChI=1S/C17H18N4O3/c1-2-24-16(23)11-3-5-13(6-4-11)20-15(22)12-9-18-17(19-10-12)21-14-7-8-14/h3-6,9-10,14H,2,7-8H2,1H3,(H,20,22)(H,18,19,21). The number of carbonyl (C=O) groups is 2. The van der Waals surface area contributed by atoms with E-state index in [-0.39, 0.29) is 11.9 Å². The molecule has 0 radical (unpaired) electrons. The number of nitrogens with one attached hydrogen (secondary N) is 2. The number of benzene rings is 1. The molecule has 24 heavy (non-hydrogen) atoms. The number of carbonyl (C=O) groups excluding carboxylic acids is 2. The second-order valence-electron chi connectivity index (χ2n) is 5.47. The number of amides is 1. The molecule has 1 aliphatic carbocycles. The number of hydrogen-bond acceptors (Lipinski definition) is 6. The molecule has 1 aliphatic rings. The zero-order chi connectivity index (χ0) is 16.9. The molecule has 1 aromatic heterocycles. The van der Waals surface area contributed by atoms with Crippen LogP contribution in [0.5, 0.6) is 0 Å². The lowest BCUT2D eigenvalue weighted by atomic mass is 10.2. The third-order valence-electron chi connectivity index (χ3n) is 3.48. The molecule has 0 aliphatic heterocycles. The Balaban J connectivity index is 1.60. The molecule has 0 spiro atoms. The summed E-state index contributed by atoms with van der Waals surface area (Å²) in [5.41, 5.74) is 1.38. The summed E-state index contributed by atoms with van der Waals surface area (Å²) in [6, 6.07) is 6.96. The molecule has 1 aromatic carbocycles. The summed E-state index contributed by atoms with van der Waals surface area (Å²) in [6.07, 6.45) is 5.24. The summed E-state index contributed by atoms with van der Waals surface area (Å²) in [4.78, 5) is 32.0. The van der Waals surface area contributed by atoms with Gasteiger partial charge < -0.3 is 15.4 Å². The molecule has 7 nitrogen and oxygen atoms in total. The average molecular weight is 326 g/mol. The molecule has 0 saturated heterocycles. The Labute approximate surface area is 139 Å². The van der Waals surface area contributed by atoms with Crippen molar-refractivity contribution in [3.05, 3.63) is 47.8 Å². The fourth-order valence-electron chi connectivity index (χ4n) is 2.04. The first-order valence-electron chi connectivity index (χ1n) is 7.83. The lowest BCUT2D eigenvalue weighted by Crippen LogP contribution is -2.14. The maximum absolute atomic E-state index is 12.2. The van der Waals surface area contributed by atoms with Gasteiger partial charge in [-0.05, 0) is 44.0 Å². The topological polar surface area (TPSA) is 93.2 Å². The van der Waals surface area contributed by atoms with Gasteiger partial charge in [0, 0.05) is 24.1 Å². The van der Waals surface area contributed by atoms with Crippen LogP contribution in [-0.2, 0) is 4.74 Å². The predicted molar refractivity (Wildman–Crippen MR) is 89.0 cm³/mol. The highest BCUT2D eigenvalue weighted by Crippen LogP contribution is 2.22. The van der Waals surface area contributed by atoms with E-state index in [1.807, 2.05) is 0 Å². The van der Waals surface area contributed by atoms with E-state index in [9.17, 15) is 9.59 Å². The van der Waals surface area contributed by atoms with Crippen LogP contribution in [0.2, 0.25) is 0 Å². The minimum Gasteiger partial charge on any atom is -0.462 e. The van der Waals surface area contributed by atoms with Crippen LogP contribution in [0.4, 0.5) is 11.6 Å². The van der Waals surface area contributed by atoms with Gasteiger partial charge in [0.2, 0.25) is 5.95 Å². The minimum absolute atomic E-state index is 0.308. The molecule has 1 saturated carbocycles. The molecule has 0 bridgehead atoms. The molecule has 1 heterocycles. The highest BCUT2D eigenvalue weighted by Gasteiger charge is 2.21. The van der Waals surface area contributed by atoms with Gasteiger partial charge in [0.05, 0.1) is 17.7 Å². The highest BCUT2D eigenvalue weighted by molar-refractivity contribution is 6.04. The third-order valence-corrected chi connectivity index (χ3v) is 3.48. The van der Waals surface area contributed by atoms with Gasteiger partial charge in [-0.2, -0.15) is 0 Å². The number of ether oxygens (including phenoxy) is 1. The van der Waals surface area contributed by atoms with Gasteiger partial charge in [-0.1, -0.05) is 0 Å². The summed E-state index contributed by atoms with van der Waals surface area (Å²) in [7, 11) is 0. The molecule has 3 rings (SSSR count). The molecule has 1 fully saturated rings. The van der Waals surface area contributed by atoms with Crippen LogP contribution < -0.4 is 10.6 Å². The molecule has 1 amide bonds. The van der Waals surface area contributed by atoms with Crippen LogP contribution in [0, 0.1) is 0 Å². The van der Waals surface area contributed by atoms with Gasteiger partial charge in [-0.25, -0.2) is 14.8 Å². The Morgan fingerprint density at radius 3 is 2.38 bits per heavy atom. The van der Waals surface area contributed by atoms with Crippen molar-refractivity contribution in [3.8, 4) is 0 Å². The zero-order valence-corrected chi connectivity index (χ0v) is 13.3. The second kappa shape index (κ2) is 7.08. The molecule has 2 N–H and O–H groups in total. The molecular formula is C17H18N4O3. The normalized spacial score (nSPS) is 13.2. The van der Waals surface area contributed by atoms with Crippen LogP contribution in [0.3, 0.4) is 0 Å². The first kappa shape index (κ1) is 15.9. The lowest BCUT2D eigenvalue weighted by molar-refractivity contribution is 0.0526. The van der Waals surface area contributed by atoms with Gasteiger partial charge in [0.15, 0.2) is 0 Å². The van der Waals surface area contributed by atoms with Gasteiger partial charge in [-0.15, -0.1) is 0 Å². The zero-order valence-electron chi connectivity index (χ0n) is 13.3. The van der Waals surface area contributed by atoms with Crippen molar-refractivity contribution in [2.45, 2.75) is 25.8 Å². The fraction of sp³-hybridized carbons (Fsp3) is 0.294. The smallest absolute Gasteiger partial charge is 0.338 e. The molecule has 124 valence electrons. The molecule has 0 atom stereocenters. The summed E-state index contributed by atoms with van der Waals surface area (Å²) in [5, 5.41) is 5.90. The lowest BCUT2D eigenvalue weighted by Gasteiger charge is -2.07. The van der Waals surface area contributed by atoms with Crippen molar-refractivity contribution in [2.75, 3.05) is 17.2 Å². The molecule has 7 heteroatoms. The van der Waals surface area contributed by atoms with Crippen LogP contribution >= 0.6 is 0 Å². The number of rotatable bonds is 6. The summed E-state index contributed by atoms with van der Waals surface area (Å²) >= 11 is 0. The Kier molecular flexibility index (Phi) is 4.69. The van der Waals surface area contributed by atoms with E-state index < -0.39 is 0 Å². The van der Waals surface area contributed by atoms with Gasteiger partial charge in [0.25, 0.3) is 5.91 Å². The Morgan fingerprint density at radius 1 is 1.12 bits per heavy atom. The van der Waals surface area contributed by atoms with Gasteiger partial charge >= 0.3 is 5.97 Å². The van der Waals surface area contributed by atoms with E-state index in [0.29, 0.717) is 35.4 Å². The Bertz CT molecular complexity index is 725. The van der Waals surface area contributed by atoms with Crippen molar-refractivity contribution in [1.82, 2.24) is 9.97 Å². The molecule has 0 unspecified atom stereocenters. The maximum atomic E-state index is 12.2. The number of hydrogen-bond donors (Lipinski definition) is 2. The number of aromatic nitrogens is 2. The number of anilines is 2. The number of esters is 1. The van der Waals surface area contributed by atoms with Crippen molar-refractivity contribution in [3.63, 3.8) is 0 Å².